The van der Waals surface area contributed by atoms with Crippen LogP contribution in [-0.4, -0.2) is 58.6 Å². The van der Waals surface area contributed by atoms with Gasteiger partial charge in [-0.05, 0) is 48.6 Å². The fourth-order valence-electron chi connectivity index (χ4n) is 4.62. The normalized spacial score (nSPS) is 16.8. The van der Waals surface area contributed by atoms with Gasteiger partial charge < -0.3 is 34.3 Å². The maximum atomic E-state index is 13.3. The van der Waals surface area contributed by atoms with E-state index < -0.39 is 6.04 Å². The smallest absolute Gasteiger partial charge is 0.252 e. The molecule has 1 unspecified atom stereocenters. The SMILES string of the molecule is COc1cc(OC)cc(C(=O)NC(C(=O)NCC2(c3ccc4c(c3)OCO4)CCOCC2)C(C)C)c1. The summed E-state index contributed by atoms with van der Waals surface area (Å²) >= 11 is 0. The van der Waals surface area contributed by atoms with Gasteiger partial charge in [0.25, 0.3) is 5.91 Å². The summed E-state index contributed by atoms with van der Waals surface area (Å²) in [6, 6.07) is 10.1. The number of hydrogen-bond donors (Lipinski definition) is 2. The van der Waals surface area contributed by atoms with E-state index in [2.05, 4.69) is 10.6 Å². The molecular formula is C27H34N2O7. The van der Waals surface area contributed by atoms with Gasteiger partial charge in [0.2, 0.25) is 12.7 Å². The number of carbonyl (C=O) groups is 2. The standard InChI is InChI=1S/C27H34N2O7/c1-17(2)24(29-25(30)18-11-20(32-3)14-21(12-18)33-4)26(31)28-15-27(7-9-34-10-8-27)19-5-6-22-23(13-19)36-16-35-22/h5-6,11-14,17,24H,7-10,15-16H2,1-4H3,(H,28,31)(H,29,30). The Morgan fingerprint density at radius 3 is 2.28 bits per heavy atom. The molecule has 1 saturated heterocycles. The first-order valence-electron chi connectivity index (χ1n) is 12.1. The number of carbonyl (C=O) groups excluding carboxylic acids is 2. The van der Waals surface area contributed by atoms with Gasteiger partial charge in [0.05, 0.1) is 14.2 Å². The largest absolute Gasteiger partial charge is 0.497 e. The van der Waals surface area contributed by atoms with Crippen LogP contribution in [0.15, 0.2) is 36.4 Å². The Morgan fingerprint density at radius 1 is 0.972 bits per heavy atom. The van der Waals surface area contributed by atoms with Crippen molar-refractivity contribution in [2.45, 2.75) is 38.1 Å². The van der Waals surface area contributed by atoms with Crippen molar-refractivity contribution in [3.8, 4) is 23.0 Å². The van der Waals surface area contributed by atoms with Crippen LogP contribution in [0.5, 0.6) is 23.0 Å². The molecule has 0 bridgehead atoms. The molecule has 9 nitrogen and oxygen atoms in total. The van der Waals surface area contributed by atoms with Gasteiger partial charge in [-0.25, -0.2) is 0 Å². The minimum Gasteiger partial charge on any atom is -0.497 e. The molecule has 0 aromatic heterocycles. The summed E-state index contributed by atoms with van der Waals surface area (Å²) in [5.41, 5.74) is 1.12. The van der Waals surface area contributed by atoms with Crippen molar-refractivity contribution in [3.63, 3.8) is 0 Å². The minimum atomic E-state index is -0.719. The molecule has 0 aliphatic carbocycles. The maximum Gasteiger partial charge on any atom is 0.252 e. The van der Waals surface area contributed by atoms with Crippen LogP contribution in [-0.2, 0) is 14.9 Å². The summed E-state index contributed by atoms with van der Waals surface area (Å²) in [5, 5.41) is 6.00. The predicted molar refractivity (Wildman–Crippen MR) is 133 cm³/mol. The van der Waals surface area contributed by atoms with Gasteiger partial charge in [-0.15, -0.1) is 0 Å². The lowest BCUT2D eigenvalue weighted by Crippen LogP contribution is -2.53. The van der Waals surface area contributed by atoms with Crippen LogP contribution < -0.4 is 29.6 Å². The van der Waals surface area contributed by atoms with E-state index in [9.17, 15) is 9.59 Å². The molecule has 1 fully saturated rings. The van der Waals surface area contributed by atoms with Gasteiger partial charge in [0.1, 0.15) is 17.5 Å². The van der Waals surface area contributed by atoms with Crippen LogP contribution in [0.1, 0.15) is 42.6 Å². The topological polar surface area (TPSA) is 104 Å². The van der Waals surface area contributed by atoms with Crippen molar-refractivity contribution >= 4 is 11.8 Å². The molecule has 9 heteroatoms. The Hall–Kier alpha value is -3.46. The molecule has 0 radical (unpaired) electrons. The van der Waals surface area contributed by atoms with Crippen LogP contribution in [0, 0.1) is 5.92 Å². The lowest BCUT2D eigenvalue weighted by atomic mass is 9.74. The molecule has 36 heavy (non-hydrogen) atoms. The molecule has 0 spiro atoms. The summed E-state index contributed by atoms with van der Waals surface area (Å²) in [7, 11) is 3.04. The Bertz CT molecular complexity index is 1070. The van der Waals surface area contributed by atoms with Crippen LogP contribution in [0.2, 0.25) is 0 Å². The van der Waals surface area contributed by atoms with Gasteiger partial charge >= 0.3 is 0 Å². The zero-order chi connectivity index (χ0) is 25.7. The molecule has 2 aromatic rings. The first-order valence-corrected chi connectivity index (χ1v) is 12.1. The number of nitrogens with one attached hydrogen (secondary N) is 2. The van der Waals surface area contributed by atoms with Crippen molar-refractivity contribution in [1.29, 1.82) is 0 Å². The molecule has 4 rings (SSSR count). The molecule has 2 N–H and O–H groups in total. The number of hydrogen-bond acceptors (Lipinski definition) is 7. The molecular weight excluding hydrogens is 464 g/mol. The Morgan fingerprint density at radius 2 is 1.64 bits per heavy atom. The van der Waals surface area contributed by atoms with Crippen molar-refractivity contribution < 1.29 is 33.3 Å². The monoisotopic (exact) mass is 498 g/mol. The van der Waals surface area contributed by atoms with E-state index in [-0.39, 0.29) is 29.9 Å². The number of benzene rings is 2. The van der Waals surface area contributed by atoms with Gasteiger partial charge in [0.15, 0.2) is 11.5 Å². The van der Waals surface area contributed by atoms with E-state index in [4.69, 9.17) is 23.7 Å². The van der Waals surface area contributed by atoms with Crippen LogP contribution >= 0.6 is 0 Å². The first-order chi connectivity index (χ1) is 17.3. The molecule has 2 heterocycles. The van der Waals surface area contributed by atoms with E-state index in [1.54, 1.807) is 18.2 Å². The lowest BCUT2D eigenvalue weighted by Gasteiger charge is -2.38. The van der Waals surface area contributed by atoms with Gasteiger partial charge in [-0.2, -0.15) is 0 Å². The van der Waals surface area contributed by atoms with E-state index in [0.717, 1.165) is 24.2 Å². The first kappa shape index (κ1) is 25.6. The molecule has 0 saturated carbocycles. The number of amides is 2. The molecule has 2 aliphatic rings. The molecule has 2 aliphatic heterocycles. The van der Waals surface area contributed by atoms with Crippen molar-refractivity contribution in [2.24, 2.45) is 5.92 Å². The maximum absolute atomic E-state index is 13.3. The van der Waals surface area contributed by atoms with Gasteiger partial charge in [-0.3, -0.25) is 9.59 Å². The third-order valence-electron chi connectivity index (χ3n) is 6.89. The molecule has 194 valence electrons. The lowest BCUT2D eigenvalue weighted by molar-refractivity contribution is -0.124. The molecule has 2 aromatic carbocycles. The summed E-state index contributed by atoms with van der Waals surface area (Å²) < 4.78 is 27.2. The second-order valence-corrected chi connectivity index (χ2v) is 9.48. The van der Waals surface area contributed by atoms with Gasteiger partial charge in [0, 0.05) is 36.8 Å². The second-order valence-electron chi connectivity index (χ2n) is 9.48. The van der Waals surface area contributed by atoms with Crippen LogP contribution in [0.4, 0.5) is 0 Å². The number of ether oxygens (including phenoxy) is 5. The zero-order valence-corrected chi connectivity index (χ0v) is 21.2. The van der Waals surface area contributed by atoms with Crippen LogP contribution in [0.25, 0.3) is 0 Å². The third kappa shape index (κ3) is 5.51. The zero-order valence-electron chi connectivity index (χ0n) is 21.2. The number of fused-ring (bicyclic) bond motifs is 1. The summed E-state index contributed by atoms with van der Waals surface area (Å²) in [6.07, 6.45) is 1.52. The Labute approximate surface area is 211 Å². The highest BCUT2D eigenvalue weighted by atomic mass is 16.7. The highest BCUT2D eigenvalue weighted by molar-refractivity contribution is 5.98. The van der Waals surface area contributed by atoms with E-state index in [0.29, 0.717) is 42.6 Å². The fourth-order valence-corrected chi connectivity index (χ4v) is 4.62. The van der Waals surface area contributed by atoms with Crippen molar-refractivity contribution in [3.05, 3.63) is 47.5 Å². The predicted octanol–water partition coefficient (Wildman–Crippen LogP) is 3.05. The minimum absolute atomic E-state index is 0.127. The highest BCUT2D eigenvalue weighted by Crippen LogP contribution is 2.40. The second kappa shape index (κ2) is 11.1. The average molecular weight is 499 g/mol. The highest BCUT2D eigenvalue weighted by Gasteiger charge is 2.37. The van der Waals surface area contributed by atoms with E-state index >= 15 is 0 Å². The van der Waals surface area contributed by atoms with Gasteiger partial charge in [-0.1, -0.05) is 19.9 Å². The molecule has 2 amide bonds. The van der Waals surface area contributed by atoms with Crippen LogP contribution in [0.3, 0.4) is 0 Å². The summed E-state index contributed by atoms with van der Waals surface area (Å²) in [6.45, 7) is 5.64. The fraction of sp³-hybridized carbons (Fsp3) is 0.481. The number of methoxy groups -OCH3 is 2. The van der Waals surface area contributed by atoms with E-state index in [1.807, 2.05) is 32.0 Å². The summed E-state index contributed by atoms with van der Waals surface area (Å²) in [4.78, 5) is 26.4. The number of rotatable bonds is 9. The average Bonchev–Trinajstić information content (AvgIpc) is 3.38. The Balaban J connectivity index is 1.49. The van der Waals surface area contributed by atoms with Crippen molar-refractivity contribution in [2.75, 3.05) is 40.8 Å². The van der Waals surface area contributed by atoms with E-state index in [1.165, 1.54) is 14.2 Å². The third-order valence-corrected chi connectivity index (χ3v) is 6.89. The van der Waals surface area contributed by atoms with Crippen molar-refractivity contribution in [1.82, 2.24) is 10.6 Å². The Kier molecular flexibility index (Phi) is 7.88. The molecule has 1 atom stereocenters. The quantitative estimate of drug-likeness (QED) is 0.548. The summed E-state index contributed by atoms with van der Waals surface area (Å²) in [5.74, 6) is 1.69.